The Balaban J connectivity index is 1.84. The van der Waals surface area contributed by atoms with Crippen molar-refractivity contribution in [2.75, 3.05) is 0 Å². The Kier molecular flexibility index (Phi) is 9.06. The SMILES string of the molecule is O=C(c1ccccc1)C(O)[C@H]1O[C@H](OBr)[C@](O)(C(=O)c2ccccc2)[C@](O)(C(=O)c2ccccc2)[C@@]1(O)C(=O)c1ccccc1. The summed E-state index contributed by atoms with van der Waals surface area (Å²) >= 11 is 2.67. The van der Waals surface area contributed by atoms with E-state index < -0.39 is 58.4 Å². The largest absolute Gasteiger partial charge is 0.382 e. The second kappa shape index (κ2) is 12.7. The molecule has 1 aliphatic heterocycles. The predicted octanol–water partition coefficient (Wildman–Crippen LogP) is 3.12. The van der Waals surface area contributed by atoms with Crippen molar-refractivity contribution in [3.8, 4) is 0 Å². The first kappa shape index (κ1) is 32.2. The average molecular weight is 675 g/mol. The summed E-state index contributed by atoms with van der Waals surface area (Å²) < 4.78 is 10.9. The van der Waals surface area contributed by atoms with Crippen molar-refractivity contribution in [3.05, 3.63) is 144 Å². The van der Waals surface area contributed by atoms with Gasteiger partial charge in [0.05, 0.1) is 0 Å². The number of aliphatic hydroxyl groups excluding tert-OH is 1. The first-order valence-electron chi connectivity index (χ1n) is 13.7. The molecule has 11 heteroatoms. The number of carbonyl (C=O) groups is 4. The number of halogens is 1. The number of benzene rings is 4. The molecule has 0 bridgehead atoms. The Labute approximate surface area is 265 Å². The van der Waals surface area contributed by atoms with Gasteiger partial charge in [-0.15, -0.1) is 0 Å². The second-order valence-electron chi connectivity index (χ2n) is 10.5. The zero-order valence-corrected chi connectivity index (χ0v) is 25.0. The molecule has 10 nitrogen and oxygen atoms in total. The summed E-state index contributed by atoms with van der Waals surface area (Å²) in [5, 5.41) is 49.4. The first-order chi connectivity index (χ1) is 21.5. The third kappa shape index (κ3) is 5.08. The molecular weight excluding hydrogens is 648 g/mol. The highest BCUT2D eigenvalue weighted by Crippen LogP contribution is 2.51. The highest BCUT2D eigenvalue weighted by atomic mass is 79.9. The molecule has 0 aromatic heterocycles. The van der Waals surface area contributed by atoms with E-state index in [4.69, 9.17) is 8.57 Å². The number of carbonyl (C=O) groups excluding carboxylic acids is 4. The van der Waals surface area contributed by atoms with Crippen LogP contribution in [0.15, 0.2) is 121 Å². The van der Waals surface area contributed by atoms with E-state index in [-0.39, 0.29) is 22.3 Å². The Hall–Kier alpha value is -4.20. The fraction of sp³-hybridized carbons (Fsp3) is 0.176. The summed E-state index contributed by atoms with van der Waals surface area (Å²) in [6, 6.07) is 28.0. The number of aliphatic hydroxyl groups is 4. The van der Waals surface area contributed by atoms with Gasteiger partial charge in [0.25, 0.3) is 0 Å². The summed E-state index contributed by atoms with van der Waals surface area (Å²) in [6.07, 6.45) is -7.31. The summed E-state index contributed by atoms with van der Waals surface area (Å²) in [6.45, 7) is 0. The predicted molar refractivity (Wildman–Crippen MR) is 163 cm³/mol. The third-order valence-electron chi connectivity index (χ3n) is 7.95. The maximum Gasteiger partial charge on any atom is 0.219 e. The minimum Gasteiger partial charge on any atom is -0.382 e. The standard InChI is InChI=1S/C34H27BrO10/c35-45-31-33(42,28(39)23-17-9-3-10-18-23)34(43,29(40)24-19-11-4-12-20-24)32(41,27(38)22-15-7-2-8-16-22)30(44-31)26(37)25(36)21-13-5-1-6-14-21/h1-20,26,30-31,37,41-43H/t26?,30-,31-,32-,33-,34+/m1/s1. The lowest BCUT2D eigenvalue weighted by molar-refractivity contribution is -0.342. The van der Waals surface area contributed by atoms with E-state index in [0.29, 0.717) is 0 Å². The van der Waals surface area contributed by atoms with Gasteiger partial charge < -0.3 is 25.2 Å². The lowest BCUT2D eigenvalue weighted by Gasteiger charge is -2.58. The minimum absolute atomic E-state index is 0.0708. The van der Waals surface area contributed by atoms with E-state index in [1.165, 1.54) is 97.1 Å². The smallest absolute Gasteiger partial charge is 0.219 e. The minimum atomic E-state index is -3.86. The number of ether oxygens (including phenoxy) is 1. The van der Waals surface area contributed by atoms with Crippen LogP contribution >= 0.6 is 16.3 Å². The van der Waals surface area contributed by atoms with Crippen LogP contribution in [0.5, 0.6) is 0 Å². The van der Waals surface area contributed by atoms with Crippen LogP contribution in [0, 0.1) is 0 Å². The molecule has 4 aromatic carbocycles. The van der Waals surface area contributed by atoms with Crippen molar-refractivity contribution >= 4 is 39.4 Å². The Morgan fingerprint density at radius 2 is 0.956 bits per heavy atom. The van der Waals surface area contributed by atoms with Gasteiger partial charge in [-0.3, -0.25) is 23.0 Å². The van der Waals surface area contributed by atoms with Crippen molar-refractivity contribution in [2.24, 2.45) is 0 Å². The molecule has 0 saturated carbocycles. The van der Waals surface area contributed by atoms with Crippen molar-refractivity contribution in [1.29, 1.82) is 0 Å². The number of hydrogen-bond donors (Lipinski definition) is 4. The van der Waals surface area contributed by atoms with Gasteiger partial charge in [0.1, 0.15) is 28.5 Å². The van der Waals surface area contributed by atoms with Gasteiger partial charge in [0.15, 0.2) is 11.4 Å². The Morgan fingerprint density at radius 3 is 1.36 bits per heavy atom. The van der Waals surface area contributed by atoms with Crippen LogP contribution in [0.4, 0.5) is 0 Å². The molecule has 1 saturated heterocycles. The van der Waals surface area contributed by atoms with Gasteiger partial charge in [-0.1, -0.05) is 121 Å². The Morgan fingerprint density at radius 1 is 0.600 bits per heavy atom. The van der Waals surface area contributed by atoms with Crippen molar-refractivity contribution in [2.45, 2.75) is 35.3 Å². The fourth-order valence-corrected chi connectivity index (χ4v) is 5.98. The van der Waals surface area contributed by atoms with Crippen LogP contribution in [0.3, 0.4) is 0 Å². The molecule has 4 N–H and O–H groups in total. The number of rotatable bonds is 10. The van der Waals surface area contributed by atoms with Gasteiger partial charge in [0, 0.05) is 22.3 Å². The average Bonchev–Trinajstić information content (AvgIpc) is 3.10. The molecule has 1 unspecified atom stereocenters. The van der Waals surface area contributed by atoms with Crippen LogP contribution in [0.1, 0.15) is 41.4 Å². The number of ketones is 4. The molecule has 0 amide bonds. The van der Waals surface area contributed by atoms with Gasteiger partial charge in [-0.25, -0.2) is 0 Å². The van der Waals surface area contributed by atoms with Gasteiger partial charge in [-0.2, -0.15) is 0 Å². The van der Waals surface area contributed by atoms with E-state index >= 15 is 0 Å². The summed E-state index contributed by atoms with van der Waals surface area (Å²) in [7, 11) is 0. The second-order valence-corrected chi connectivity index (χ2v) is 10.9. The van der Waals surface area contributed by atoms with Gasteiger partial charge in [0.2, 0.25) is 34.8 Å². The van der Waals surface area contributed by atoms with E-state index in [1.807, 2.05) is 0 Å². The summed E-state index contributed by atoms with van der Waals surface area (Å²) in [5.41, 5.74) is -12.1. The van der Waals surface area contributed by atoms with Crippen LogP contribution in [0.2, 0.25) is 0 Å². The monoisotopic (exact) mass is 674 g/mol. The maximum atomic E-state index is 14.5. The molecule has 0 spiro atoms. The van der Waals surface area contributed by atoms with Crippen molar-refractivity contribution in [1.82, 2.24) is 0 Å². The number of hydrogen-bond acceptors (Lipinski definition) is 10. The molecule has 0 aliphatic carbocycles. The topological polar surface area (TPSA) is 168 Å². The lowest BCUT2D eigenvalue weighted by Crippen LogP contribution is -2.87. The molecule has 230 valence electrons. The summed E-state index contributed by atoms with van der Waals surface area (Å²) in [4.78, 5) is 56.8. The molecule has 1 fully saturated rings. The molecule has 5 rings (SSSR count). The van der Waals surface area contributed by atoms with Crippen molar-refractivity contribution < 1.29 is 48.2 Å². The Bertz CT molecular complexity index is 1700. The van der Waals surface area contributed by atoms with Crippen LogP contribution in [0.25, 0.3) is 0 Å². The van der Waals surface area contributed by atoms with Crippen LogP contribution < -0.4 is 0 Å². The van der Waals surface area contributed by atoms with E-state index in [9.17, 15) is 39.6 Å². The van der Waals surface area contributed by atoms with E-state index in [1.54, 1.807) is 24.3 Å². The zero-order valence-electron chi connectivity index (χ0n) is 23.4. The quantitative estimate of drug-likeness (QED) is 0.184. The zero-order chi connectivity index (χ0) is 32.4. The molecule has 0 radical (unpaired) electrons. The normalized spacial score (nSPS) is 26.9. The van der Waals surface area contributed by atoms with E-state index in [0.717, 1.165) is 0 Å². The summed E-state index contributed by atoms with van der Waals surface area (Å²) in [5.74, 6) is -5.38. The van der Waals surface area contributed by atoms with Crippen molar-refractivity contribution in [3.63, 3.8) is 0 Å². The molecular formula is C34H27BrO10. The first-order valence-corrected chi connectivity index (χ1v) is 14.3. The maximum absolute atomic E-state index is 14.5. The highest BCUT2D eigenvalue weighted by Gasteiger charge is 2.82. The third-order valence-corrected chi connectivity index (χ3v) is 8.29. The molecule has 1 heterocycles. The van der Waals surface area contributed by atoms with Crippen LogP contribution in [-0.4, -0.2) is 78.9 Å². The lowest BCUT2D eigenvalue weighted by atomic mass is 9.57. The highest BCUT2D eigenvalue weighted by molar-refractivity contribution is 9.06. The number of Topliss-reactive ketones (excluding diaryl/α,β-unsaturated/α-hetero) is 4. The fourth-order valence-electron chi connectivity index (χ4n) is 5.62. The van der Waals surface area contributed by atoms with Gasteiger partial charge >= 0.3 is 0 Å². The van der Waals surface area contributed by atoms with Crippen LogP contribution in [-0.2, 0) is 8.57 Å². The molecule has 45 heavy (non-hydrogen) atoms. The molecule has 1 aliphatic rings. The van der Waals surface area contributed by atoms with E-state index in [2.05, 4.69) is 16.3 Å². The van der Waals surface area contributed by atoms with Gasteiger partial charge in [-0.05, 0) is 0 Å². The molecule has 4 aromatic rings. The molecule has 6 atom stereocenters.